The molecule has 1 aliphatic rings. The number of hydrogen-bond donors (Lipinski definition) is 2. The fraction of sp³-hybridized carbons (Fsp3) is 0.125. The molecule has 2 aromatic rings. The van der Waals surface area contributed by atoms with Crippen LogP contribution in [0, 0.1) is 0 Å². The first-order chi connectivity index (χ1) is 10.7. The van der Waals surface area contributed by atoms with Crippen molar-refractivity contribution < 1.29 is 19.4 Å². The summed E-state index contributed by atoms with van der Waals surface area (Å²) >= 11 is 0. The number of amides is 1. The number of fused-ring (bicyclic) bond motifs is 1. The predicted octanol–water partition coefficient (Wildman–Crippen LogP) is 1.68. The zero-order valence-corrected chi connectivity index (χ0v) is 11.6. The number of benzene rings is 2. The SMILES string of the molecule is O=C(NN=Cc1ccc(O)cc1)[C@H]1COc2ccccc2O1. The molecule has 3 rings (SSSR count). The third-order valence-corrected chi connectivity index (χ3v) is 3.08. The molecule has 0 spiro atoms. The highest BCUT2D eigenvalue weighted by molar-refractivity contribution is 5.85. The summed E-state index contributed by atoms with van der Waals surface area (Å²) in [5, 5.41) is 13.0. The quantitative estimate of drug-likeness (QED) is 0.667. The Morgan fingerprint density at radius 2 is 1.91 bits per heavy atom. The largest absolute Gasteiger partial charge is 0.508 e. The molecule has 6 heteroatoms. The van der Waals surface area contributed by atoms with Crippen molar-refractivity contribution in [2.75, 3.05) is 6.61 Å². The lowest BCUT2D eigenvalue weighted by Gasteiger charge is -2.24. The van der Waals surface area contributed by atoms with E-state index in [1.165, 1.54) is 18.3 Å². The first-order valence-corrected chi connectivity index (χ1v) is 6.73. The van der Waals surface area contributed by atoms with Crippen LogP contribution in [0.4, 0.5) is 0 Å². The maximum atomic E-state index is 12.0. The van der Waals surface area contributed by atoms with Gasteiger partial charge in [0.15, 0.2) is 11.5 Å². The maximum absolute atomic E-state index is 12.0. The van der Waals surface area contributed by atoms with Crippen LogP contribution in [0.15, 0.2) is 53.6 Å². The zero-order chi connectivity index (χ0) is 15.4. The van der Waals surface area contributed by atoms with E-state index in [-0.39, 0.29) is 18.3 Å². The zero-order valence-electron chi connectivity index (χ0n) is 11.6. The van der Waals surface area contributed by atoms with Gasteiger partial charge in [-0.3, -0.25) is 4.79 Å². The number of carbonyl (C=O) groups is 1. The Kier molecular flexibility index (Phi) is 3.91. The number of para-hydroxylation sites is 2. The number of nitrogens with one attached hydrogen (secondary N) is 1. The molecule has 112 valence electrons. The molecule has 1 atom stereocenters. The number of nitrogens with zero attached hydrogens (tertiary/aromatic N) is 1. The number of hydrazone groups is 1. The summed E-state index contributed by atoms with van der Waals surface area (Å²) in [6, 6.07) is 13.6. The molecule has 2 aromatic carbocycles. The van der Waals surface area contributed by atoms with E-state index in [1.807, 2.05) is 12.1 Å². The third kappa shape index (κ3) is 3.17. The smallest absolute Gasteiger partial charge is 0.284 e. The van der Waals surface area contributed by atoms with Gasteiger partial charge < -0.3 is 14.6 Å². The normalized spacial score (nSPS) is 16.5. The number of phenolic OH excluding ortho intramolecular Hbond substituents is 1. The van der Waals surface area contributed by atoms with Gasteiger partial charge in [0.1, 0.15) is 12.4 Å². The highest BCUT2D eigenvalue weighted by atomic mass is 16.6. The Bertz CT molecular complexity index is 698. The average molecular weight is 298 g/mol. The number of hydrogen-bond acceptors (Lipinski definition) is 5. The molecule has 0 fully saturated rings. The van der Waals surface area contributed by atoms with Crippen molar-refractivity contribution in [3.8, 4) is 17.2 Å². The van der Waals surface area contributed by atoms with Crippen LogP contribution in [0.25, 0.3) is 0 Å². The maximum Gasteiger partial charge on any atom is 0.284 e. The van der Waals surface area contributed by atoms with Crippen LogP contribution in [-0.2, 0) is 4.79 Å². The van der Waals surface area contributed by atoms with Gasteiger partial charge in [-0.05, 0) is 42.0 Å². The van der Waals surface area contributed by atoms with Crippen LogP contribution < -0.4 is 14.9 Å². The number of aromatic hydroxyl groups is 1. The van der Waals surface area contributed by atoms with Crippen LogP contribution in [-0.4, -0.2) is 29.9 Å². The monoisotopic (exact) mass is 298 g/mol. The minimum Gasteiger partial charge on any atom is -0.508 e. The van der Waals surface area contributed by atoms with Gasteiger partial charge in [-0.15, -0.1) is 0 Å². The second-order valence-electron chi connectivity index (χ2n) is 4.69. The van der Waals surface area contributed by atoms with E-state index in [9.17, 15) is 9.90 Å². The summed E-state index contributed by atoms with van der Waals surface area (Å²) in [5.41, 5.74) is 3.16. The van der Waals surface area contributed by atoms with Crippen LogP contribution in [0.5, 0.6) is 17.2 Å². The van der Waals surface area contributed by atoms with Crippen molar-refractivity contribution in [2.24, 2.45) is 5.10 Å². The van der Waals surface area contributed by atoms with Crippen molar-refractivity contribution in [3.05, 3.63) is 54.1 Å². The fourth-order valence-electron chi connectivity index (χ4n) is 1.95. The van der Waals surface area contributed by atoms with E-state index in [0.717, 1.165) is 5.56 Å². The Balaban J connectivity index is 1.58. The standard InChI is InChI=1S/C16H14N2O4/c19-12-7-5-11(6-8-12)9-17-18-16(20)15-10-21-13-3-1-2-4-14(13)22-15/h1-9,15,19H,10H2,(H,18,20)/t15-/m1/s1. The molecule has 1 heterocycles. The lowest BCUT2D eigenvalue weighted by Crippen LogP contribution is -2.42. The summed E-state index contributed by atoms with van der Waals surface area (Å²) in [7, 11) is 0. The molecule has 0 unspecified atom stereocenters. The summed E-state index contributed by atoms with van der Waals surface area (Å²) in [6.45, 7) is 0.136. The van der Waals surface area contributed by atoms with Crippen LogP contribution >= 0.6 is 0 Å². The topological polar surface area (TPSA) is 80.2 Å². The molecule has 22 heavy (non-hydrogen) atoms. The molecule has 2 N–H and O–H groups in total. The molecular weight excluding hydrogens is 284 g/mol. The van der Waals surface area contributed by atoms with Gasteiger partial charge in [-0.25, -0.2) is 5.43 Å². The van der Waals surface area contributed by atoms with Crippen molar-refractivity contribution in [1.82, 2.24) is 5.43 Å². The molecule has 0 saturated carbocycles. The lowest BCUT2D eigenvalue weighted by atomic mass is 10.2. The Hall–Kier alpha value is -3.02. The Labute approximate surface area is 127 Å². The Morgan fingerprint density at radius 1 is 1.18 bits per heavy atom. The summed E-state index contributed by atoms with van der Waals surface area (Å²) < 4.78 is 11.0. The first kappa shape index (κ1) is 13.9. The van der Waals surface area contributed by atoms with Crippen molar-refractivity contribution in [3.63, 3.8) is 0 Å². The van der Waals surface area contributed by atoms with Crippen molar-refractivity contribution in [2.45, 2.75) is 6.10 Å². The molecule has 1 amide bonds. The van der Waals surface area contributed by atoms with Crippen LogP contribution in [0.1, 0.15) is 5.56 Å². The molecule has 6 nitrogen and oxygen atoms in total. The average Bonchev–Trinajstić information content (AvgIpc) is 2.56. The first-order valence-electron chi connectivity index (χ1n) is 6.73. The molecule has 0 aliphatic carbocycles. The van der Waals surface area contributed by atoms with E-state index in [1.54, 1.807) is 24.3 Å². The second kappa shape index (κ2) is 6.17. The van der Waals surface area contributed by atoms with Crippen LogP contribution in [0.3, 0.4) is 0 Å². The summed E-state index contributed by atoms with van der Waals surface area (Å²) in [6.07, 6.45) is 0.737. The van der Waals surface area contributed by atoms with Gasteiger partial charge in [0, 0.05) is 0 Å². The van der Waals surface area contributed by atoms with E-state index in [2.05, 4.69) is 10.5 Å². The van der Waals surface area contributed by atoms with Gasteiger partial charge in [0.05, 0.1) is 6.21 Å². The predicted molar refractivity (Wildman–Crippen MR) is 80.2 cm³/mol. The van der Waals surface area contributed by atoms with Gasteiger partial charge in [-0.2, -0.15) is 5.10 Å². The molecular formula is C16H14N2O4. The molecule has 0 aromatic heterocycles. The third-order valence-electron chi connectivity index (χ3n) is 3.08. The van der Waals surface area contributed by atoms with E-state index < -0.39 is 6.10 Å². The summed E-state index contributed by atoms with van der Waals surface area (Å²) in [4.78, 5) is 12.0. The van der Waals surface area contributed by atoms with Gasteiger partial charge in [-0.1, -0.05) is 12.1 Å². The van der Waals surface area contributed by atoms with Gasteiger partial charge >= 0.3 is 0 Å². The minimum atomic E-state index is -0.744. The van der Waals surface area contributed by atoms with Crippen molar-refractivity contribution in [1.29, 1.82) is 0 Å². The fourth-order valence-corrected chi connectivity index (χ4v) is 1.95. The summed E-state index contributed by atoms with van der Waals surface area (Å²) in [5.74, 6) is 0.952. The molecule has 0 radical (unpaired) electrons. The number of rotatable bonds is 3. The number of phenols is 1. The Morgan fingerprint density at radius 3 is 2.68 bits per heavy atom. The minimum absolute atomic E-state index is 0.136. The van der Waals surface area contributed by atoms with E-state index in [0.29, 0.717) is 11.5 Å². The van der Waals surface area contributed by atoms with E-state index >= 15 is 0 Å². The molecule has 0 bridgehead atoms. The van der Waals surface area contributed by atoms with E-state index in [4.69, 9.17) is 9.47 Å². The second-order valence-corrected chi connectivity index (χ2v) is 4.69. The molecule has 1 aliphatic heterocycles. The lowest BCUT2D eigenvalue weighted by molar-refractivity contribution is -0.130. The number of ether oxygens (including phenoxy) is 2. The van der Waals surface area contributed by atoms with Gasteiger partial charge in [0.2, 0.25) is 6.10 Å². The number of carbonyl (C=O) groups excluding carboxylic acids is 1. The van der Waals surface area contributed by atoms with Crippen molar-refractivity contribution >= 4 is 12.1 Å². The van der Waals surface area contributed by atoms with Crippen LogP contribution in [0.2, 0.25) is 0 Å². The molecule has 0 saturated heterocycles. The highest BCUT2D eigenvalue weighted by Gasteiger charge is 2.26. The van der Waals surface area contributed by atoms with Gasteiger partial charge in [0.25, 0.3) is 5.91 Å². The highest BCUT2D eigenvalue weighted by Crippen LogP contribution is 2.30.